The number of piperazine rings is 1. The van der Waals surface area contributed by atoms with Crippen LogP contribution in [0.1, 0.15) is 5.56 Å². The second kappa shape index (κ2) is 7.99. The van der Waals surface area contributed by atoms with E-state index in [1.165, 1.54) is 17.8 Å². The first kappa shape index (κ1) is 17.2. The predicted octanol–water partition coefficient (Wildman–Crippen LogP) is 2.95. The quantitative estimate of drug-likeness (QED) is 0.751. The van der Waals surface area contributed by atoms with Crippen LogP contribution in [0.2, 0.25) is 0 Å². The van der Waals surface area contributed by atoms with E-state index in [4.69, 9.17) is 0 Å². The van der Waals surface area contributed by atoms with Crippen molar-refractivity contribution in [3.63, 3.8) is 0 Å². The zero-order chi connectivity index (χ0) is 18.5. The fourth-order valence-electron chi connectivity index (χ4n) is 3.11. The Balaban J connectivity index is 1.36. The Kier molecular flexibility index (Phi) is 5.09. The first-order valence-electron chi connectivity index (χ1n) is 9.01. The number of halogens is 1. The van der Waals surface area contributed by atoms with E-state index < -0.39 is 0 Å². The fraction of sp³-hybridized carbons (Fsp3) is 0.250. The summed E-state index contributed by atoms with van der Waals surface area (Å²) >= 11 is 0. The molecule has 0 unspecified atom stereocenters. The molecule has 1 aliphatic rings. The van der Waals surface area contributed by atoms with Crippen LogP contribution >= 0.6 is 0 Å². The molecule has 0 aliphatic carbocycles. The van der Waals surface area contributed by atoms with Gasteiger partial charge in [-0.15, -0.1) is 5.10 Å². The van der Waals surface area contributed by atoms with Crippen LogP contribution < -0.4 is 15.1 Å². The molecule has 3 aromatic rings. The highest BCUT2D eigenvalue weighted by Crippen LogP contribution is 2.18. The van der Waals surface area contributed by atoms with Crippen LogP contribution in [0.5, 0.6) is 0 Å². The van der Waals surface area contributed by atoms with Crippen molar-refractivity contribution in [3.05, 3.63) is 72.2 Å². The van der Waals surface area contributed by atoms with Gasteiger partial charge in [0, 0.05) is 38.4 Å². The van der Waals surface area contributed by atoms with Crippen molar-refractivity contribution in [2.75, 3.05) is 41.3 Å². The van der Waals surface area contributed by atoms with E-state index in [0.717, 1.165) is 31.7 Å². The van der Waals surface area contributed by atoms with E-state index >= 15 is 0 Å². The van der Waals surface area contributed by atoms with Crippen molar-refractivity contribution >= 4 is 17.5 Å². The average Bonchev–Trinajstić information content (AvgIpc) is 2.74. The van der Waals surface area contributed by atoms with Crippen molar-refractivity contribution in [3.8, 4) is 0 Å². The highest BCUT2D eigenvalue weighted by atomic mass is 19.1. The molecule has 1 N–H and O–H groups in total. The maximum atomic E-state index is 13.0. The van der Waals surface area contributed by atoms with Gasteiger partial charge in [0.2, 0.25) is 5.95 Å². The zero-order valence-corrected chi connectivity index (χ0v) is 14.9. The molecule has 2 heterocycles. The van der Waals surface area contributed by atoms with Gasteiger partial charge in [0.05, 0.1) is 6.20 Å². The van der Waals surface area contributed by atoms with Crippen molar-refractivity contribution in [1.29, 1.82) is 0 Å². The summed E-state index contributed by atoms with van der Waals surface area (Å²) in [6.45, 7) is 4.08. The largest absolute Gasteiger partial charge is 0.368 e. The van der Waals surface area contributed by atoms with Gasteiger partial charge >= 0.3 is 0 Å². The molecule has 1 aromatic heterocycles. The molecular weight excluding hydrogens is 343 g/mol. The van der Waals surface area contributed by atoms with Gasteiger partial charge in [-0.3, -0.25) is 0 Å². The Morgan fingerprint density at radius 3 is 2.33 bits per heavy atom. The lowest BCUT2D eigenvalue weighted by Crippen LogP contribution is -2.47. The Bertz CT molecular complexity index is 863. The number of anilines is 3. The summed E-state index contributed by atoms with van der Waals surface area (Å²) in [5, 5.41) is 11.5. The van der Waals surface area contributed by atoms with Gasteiger partial charge in [-0.05, 0) is 29.8 Å². The van der Waals surface area contributed by atoms with E-state index in [1.807, 2.05) is 6.07 Å². The molecule has 1 aliphatic heterocycles. The average molecular weight is 364 g/mol. The summed E-state index contributed by atoms with van der Waals surface area (Å²) in [4.78, 5) is 9.09. The maximum Gasteiger partial charge on any atom is 0.247 e. The predicted molar refractivity (Wildman–Crippen MR) is 104 cm³/mol. The third-order valence-corrected chi connectivity index (χ3v) is 4.62. The fourth-order valence-corrected chi connectivity index (χ4v) is 3.11. The third kappa shape index (κ3) is 4.31. The van der Waals surface area contributed by atoms with E-state index in [0.29, 0.717) is 18.3 Å². The summed E-state index contributed by atoms with van der Waals surface area (Å²) in [5.74, 6) is 1.06. The van der Waals surface area contributed by atoms with Crippen LogP contribution in [-0.4, -0.2) is 41.4 Å². The van der Waals surface area contributed by atoms with Gasteiger partial charge in [0.1, 0.15) is 5.82 Å². The highest BCUT2D eigenvalue weighted by molar-refractivity contribution is 5.48. The van der Waals surface area contributed by atoms with Crippen LogP contribution in [0.3, 0.4) is 0 Å². The topological polar surface area (TPSA) is 57.2 Å². The molecule has 0 bridgehead atoms. The summed E-state index contributed by atoms with van der Waals surface area (Å²) in [5.41, 5.74) is 2.22. The van der Waals surface area contributed by atoms with Gasteiger partial charge in [-0.1, -0.05) is 30.3 Å². The summed E-state index contributed by atoms with van der Waals surface area (Å²) in [6, 6.07) is 16.8. The summed E-state index contributed by atoms with van der Waals surface area (Å²) in [6.07, 6.45) is 1.60. The first-order valence-corrected chi connectivity index (χ1v) is 9.01. The molecule has 4 rings (SSSR count). The van der Waals surface area contributed by atoms with Gasteiger partial charge in [0.25, 0.3) is 0 Å². The minimum absolute atomic E-state index is 0.237. The second-order valence-corrected chi connectivity index (χ2v) is 6.43. The van der Waals surface area contributed by atoms with Crippen LogP contribution in [-0.2, 0) is 6.54 Å². The van der Waals surface area contributed by atoms with Crippen LogP contribution in [0, 0.1) is 5.82 Å². The number of benzene rings is 2. The van der Waals surface area contributed by atoms with Crippen molar-refractivity contribution in [2.45, 2.75) is 6.54 Å². The maximum absolute atomic E-state index is 13.0. The molecule has 7 heteroatoms. The number of hydrogen-bond acceptors (Lipinski definition) is 6. The van der Waals surface area contributed by atoms with E-state index in [2.05, 4.69) is 54.6 Å². The summed E-state index contributed by atoms with van der Waals surface area (Å²) < 4.78 is 13.0. The van der Waals surface area contributed by atoms with Gasteiger partial charge in [-0.2, -0.15) is 10.1 Å². The number of nitrogens with one attached hydrogen (secondary N) is 1. The van der Waals surface area contributed by atoms with Crippen molar-refractivity contribution in [1.82, 2.24) is 15.2 Å². The monoisotopic (exact) mass is 364 g/mol. The Labute approximate surface area is 157 Å². The lowest BCUT2D eigenvalue weighted by molar-refractivity contribution is 0.627. The van der Waals surface area contributed by atoms with Gasteiger partial charge < -0.3 is 15.1 Å². The van der Waals surface area contributed by atoms with Crippen LogP contribution in [0.4, 0.5) is 21.8 Å². The van der Waals surface area contributed by atoms with E-state index in [-0.39, 0.29) is 5.82 Å². The smallest absolute Gasteiger partial charge is 0.247 e. The first-order chi connectivity index (χ1) is 13.3. The Morgan fingerprint density at radius 1 is 0.889 bits per heavy atom. The summed E-state index contributed by atoms with van der Waals surface area (Å²) in [7, 11) is 0. The molecule has 0 radical (unpaired) electrons. The van der Waals surface area contributed by atoms with Crippen molar-refractivity contribution < 1.29 is 4.39 Å². The molecule has 1 fully saturated rings. The standard InChI is InChI=1S/C20H21FN6/c21-17-8-6-16(7-9-17)14-22-19-15-23-25-20(24-19)27-12-10-26(11-13-27)18-4-2-1-3-5-18/h1-9,15H,10-14H2,(H,22,24,25). The van der Waals surface area contributed by atoms with Crippen LogP contribution in [0.25, 0.3) is 0 Å². The lowest BCUT2D eigenvalue weighted by Gasteiger charge is -2.35. The van der Waals surface area contributed by atoms with Crippen molar-refractivity contribution in [2.24, 2.45) is 0 Å². The number of hydrogen-bond donors (Lipinski definition) is 1. The molecule has 6 nitrogen and oxygen atoms in total. The Hall–Kier alpha value is -3.22. The number of para-hydroxylation sites is 1. The van der Waals surface area contributed by atoms with E-state index in [1.54, 1.807) is 18.3 Å². The van der Waals surface area contributed by atoms with E-state index in [9.17, 15) is 4.39 Å². The molecule has 27 heavy (non-hydrogen) atoms. The highest BCUT2D eigenvalue weighted by Gasteiger charge is 2.19. The molecule has 0 amide bonds. The third-order valence-electron chi connectivity index (χ3n) is 4.62. The lowest BCUT2D eigenvalue weighted by atomic mass is 10.2. The number of rotatable bonds is 5. The molecular formula is C20H21FN6. The Morgan fingerprint density at radius 2 is 1.59 bits per heavy atom. The molecule has 0 spiro atoms. The molecule has 0 saturated carbocycles. The second-order valence-electron chi connectivity index (χ2n) is 6.43. The molecule has 138 valence electrons. The van der Waals surface area contributed by atoms with Gasteiger partial charge in [0.15, 0.2) is 5.82 Å². The molecule has 1 saturated heterocycles. The van der Waals surface area contributed by atoms with Gasteiger partial charge in [-0.25, -0.2) is 4.39 Å². The zero-order valence-electron chi connectivity index (χ0n) is 14.9. The number of nitrogens with zero attached hydrogens (tertiary/aromatic N) is 5. The number of aromatic nitrogens is 3. The molecule has 0 atom stereocenters. The van der Waals surface area contributed by atoms with Crippen LogP contribution in [0.15, 0.2) is 60.8 Å². The normalized spacial score (nSPS) is 14.3. The molecule has 2 aromatic carbocycles. The SMILES string of the molecule is Fc1ccc(CNc2cnnc(N3CCN(c4ccccc4)CC3)n2)cc1. The minimum atomic E-state index is -0.237. The minimum Gasteiger partial charge on any atom is -0.368 e.